The van der Waals surface area contributed by atoms with Crippen molar-refractivity contribution in [3.8, 4) is 0 Å². The fraction of sp³-hybridized carbons (Fsp3) is 0.533. The Morgan fingerprint density at radius 1 is 1.45 bits per heavy atom. The zero-order chi connectivity index (χ0) is 14.5. The molecule has 0 aliphatic carbocycles. The number of aryl methyl sites for hydroxylation is 2. The van der Waals surface area contributed by atoms with E-state index in [1.165, 1.54) is 16.2 Å². The minimum Gasteiger partial charge on any atom is -0.344 e. The van der Waals surface area contributed by atoms with Crippen LogP contribution in [-0.2, 0) is 13.0 Å². The summed E-state index contributed by atoms with van der Waals surface area (Å²) >= 11 is 8.01. The summed E-state index contributed by atoms with van der Waals surface area (Å²) in [5, 5.41) is 4.09. The highest BCUT2D eigenvalue weighted by Gasteiger charge is 2.11. The summed E-state index contributed by atoms with van der Waals surface area (Å²) < 4.78 is 0. The van der Waals surface area contributed by atoms with E-state index in [1.54, 1.807) is 0 Å². The topological polar surface area (TPSA) is 40.7 Å². The van der Waals surface area contributed by atoms with Gasteiger partial charge in [0.15, 0.2) is 5.15 Å². The van der Waals surface area contributed by atoms with Crippen molar-refractivity contribution in [1.82, 2.24) is 15.3 Å². The van der Waals surface area contributed by atoms with Crippen LogP contribution in [0, 0.1) is 6.92 Å². The number of H-pyrrole nitrogens is 1. The summed E-state index contributed by atoms with van der Waals surface area (Å²) in [5.41, 5.74) is 0.984. The minimum atomic E-state index is 0.326. The molecular weight excluding hydrogens is 290 g/mol. The monoisotopic (exact) mass is 311 g/mol. The molecule has 0 aliphatic heterocycles. The van der Waals surface area contributed by atoms with Crippen LogP contribution >= 0.6 is 22.9 Å². The first kappa shape index (κ1) is 15.5. The molecule has 0 spiro atoms. The van der Waals surface area contributed by atoms with E-state index in [9.17, 15) is 0 Å². The maximum Gasteiger partial charge on any atom is 0.151 e. The molecule has 2 heterocycles. The predicted molar refractivity (Wildman–Crippen MR) is 86.5 cm³/mol. The van der Waals surface area contributed by atoms with Gasteiger partial charge in [-0.25, -0.2) is 4.98 Å². The third-order valence-electron chi connectivity index (χ3n) is 3.32. The number of hydrogen-bond acceptors (Lipinski definition) is 3. The number of thiophene rings is 1. The lowest BCUT2D eigenvalue weighted by molar-refractivity contribution is 0.576. The smallest absolute Gasteiger partial charge is 0.151 e. The van der Waals surface area contributed by atoms with Crippen molar-refractivity contribution >= 4 is 22.9 Å². The summed E-state index contributed by atoms with van der Waals surface area (Å²) in [6.45, 7) is 7.20. The van der Waals surface area contributed by atoms with Crippen LogP contribution in [0.4, 0.5) is 0 Å². The molecule has 110 valence electrons. The van der Waals surface area contributed by atoms with E-state index in [0.717, 1.165) is 30.9 Å². The lowest BCUT2D eigenvalue weighted by atomic mass is 10.2. The van der Waals surface area contributed by atoms with Gasteiger partial charge in [0.1, 0.15) is 5.82 Å². The molecule has 1 atom stereocenters. The van der Waals surface area contributed by atoms with E-state index >= 15 is 0 Å². The number of aromatic nitrogens is 2. The average Bonchev–Trinajstić information content (AvgIpc) is 3.00. The Labute approximate surface area is 129 Å². The van der Waals surface area contributed by atoms with E-state index < -0.39 is 0 Å². The zero-order valence-corrected chi connectivity index (χ0v) is 13.9. The number of unbranched alkanes of at least 4 members (excludes halogenated alkanes) is 1. The Morgan fingerprint density at radius 3 is 2.90 bits per heavy atom. The summed E-state index contributed by atoms with van der Waals surface area (Å²) in [7, 11) is 0. The molecule has 2 aromatic heterocycles. The minimum absolute atomic E-state index is 0.326. The highest BCUT2D eigenvalue weighted by Crippen LogP contribution is 2.23. The van der Waals surface area contributed by atoms with E-state index in [-0.39, 0.29) is 0 Å². The molecule has 0 radical (unpaired) electrons. The van der Waals surface area contributed by atoms with Crippen molar-refractivity contribution in [2.75, 3.05) is 0 Å². The number of rotatable bonds is 7. The van der Waals surface area contributed by atoms with Crippen LogP contribution in [0.15, 0.2) is 12.1 Å². The second-order valence-corrected chi connectivity index (χ2v) is 6.78. The highest BCUT2D eigenvalue weighted by atomic mass is 35.5. The molecule has 2 aromatic rings. The zero-order valence-electron chi connectivity index (χ0n) is 12.3. The third-order valence-corrected chi connectivity index (χ3v) is 4.81. The molecule has 2 N–H and O–H groups in total. The SMILES string of the molecule is CCCCc1nc(Cl)c(CNC(C)c2ccc(C)s2)[nH]1. The third kappa shape index (κ3) is 4.08. The van der Waals surface area contributed by atoms with Gasteiger partial charge in [0.25, 0.3) is 0 Å². The summed E-state index contributed by atoms with van der Waals surface area (Å²) in [6.07, 6.45) is 3.28. The van der Waals surface area contributed by atoms with E-state index in [0.29, 0.717) is 11.2 Å². The maximum absolute atomic E-state index is 6.18. The molecule has 0 saturated carbocycles. The fourth-order valence-electron chi connectivity index (χ4n) is 2.06. The first-order valence-corrected chi connectivity index (χ1v) is 8.32. The van der Waals surface area contributed by atoms with Gasteiger partial charge in [-0.1, -0.05) is 24.9 Å². The number of aromatic amines is 1. The first-order chi connectivity index (χ1) is 9.60. The summed E-state index contributed by atoms with van der Waals surface area (Å²) in [4.78, 5) is 10.4. The van der Waals surface area contributed by atoms with Crippen molar-refractivity contribution in [2.24, 2.45) is 0 Å². The Kier molecular flexibility index (Phi) is 5.64. The Balaban J connectivity index is 1.91. The number of halogens is 1. The van der Waals surface area contributed by atoms with E-state index in [4.69, 9.17) is 11.6 Å². The molecular formula is C15H22ClN3S. The molecule has 3 nitrogen and oxygen atoms in total. The standard InChI is InChI=1S/C15H22ClN3S/c1-4-5-6-14-18-12(15(16)19-14)9-17-11(3)13-8-7-10(2)20-13/h7-8,11,17H,4-6,9H2,1-3H3,(H,18,19). The second-order valence-electron chi connectivity index (χ2n) is 5.11. The van der Waals surface area contributed by atoms with Gasteiger partial charge in [-0.3, -0.25) is 0 Å². The normalized spacial score (nSPS) is 12.8. The van der Waals surface area contributed by atoms with Crippen LogP contribution in [0.3, 0.4) is 0 Å². The quantitative estimate of drug-likeness (QED) is 0.783. The summed E-state index contributed by atoms with van der Waals surface area (Å²) in [6, 6.07) is 4.66. The maximum atomic E-state index is 6.18. The predicted octanol–water partition coefficient (Wildman–Crippen LogP) is 4.63. The Morgan fingerprint density at radius 2 is 2.25 bits per heavy atom. The second kappa shape index (κ2) is 7.25. The number of nitrogens with zero attached hydrogens (tertiary/aromatic N) is 1. The molecule has 2 rings (SSSR count). The lowest BCUT2D eigenvalue weighted by Crippen LogP contribution is -2.17. The number of nitrogens with one attached hydrogen (secondary N) is 2. The largest absolute Gasteiger partial charge is 0.344 e. The number of hydrogen-bond donors (Lipinski definition) is 2. The van der Waals surface area contributed by atoms with Crippen LogP contribution < -0.4 is 5.32 Å². The molecule has 0 aliphatic rings. The van der Waals surface area contributed by atoms with Crippen LogP contribution in [0.25, 0.3) is 0 Å². The van der Waals surface area contributed by atoms with Crippen LogP contribution in [-0.4, -0.2) is 9.97 Å². The van der Waals surface area contributed by atoms with Crippen molar-refractivity contribution < 1.29 is 0 Å². The van der Waals surface area contributed by atoms with Gasteiger partial charge in [-0.2, -0.15) is 0 Å². The molecule has 1 unspecified atom stereocenters. The molecule has 5 heteroatoms. The van der Waals surface area contributed by atoms with Crippen molar-refractivity contribution in [2.45, 2.75) is 52.6 Å². The lowest BCUT2D eigenvalue weighted by Gasteiger charge is -2.11. The fourth-order valence-corrected chi connectivity index (χ4v) is 3.18. The van der Waals surface area contributed by atoms with Gasteiger partial charge in [-0.05, 0) is 32.4 Å². The van der Waals surface area contributed by atoms with Crippen molar-refractivity contribution in [3.63, 3.8) is 0 Å². The van der Waals surface area contributed by atoms with Crippen molar-refractivity contribution in [3.05, 3.63) is 38.6 Å². The van der Waals surface area contributed by atoms with Crippen LogP contribution in [0.5, 0.6) is 0 Å². The Hall–Kier alpha value is -0.840. The number of imidazole rings is 1. The molecule has 0 fully saturated rings. The van der Waals surface area contributed by atoms with E-state index in [1.807, 2.05) is 11.3 Å². The highest BCUT2D eigenvalue weighted by molar-refractivity contribution is 7.12. The molecule has 20 heavy (non-hydrogen) atoms. The van der Waals surface area contributed by atoms with Gasteiger partial charge in [-0.15, -0.1) is 11.3 Å². The van der Waals surface area contributed by atoms with Gasteiger partial charge in [0.2, 0.25) is 0 Å². The van der Waals surface area contributed by atoms with E-state index in [2.05, 4.69) is 48.2 Å². The van der Waals surface area contributed by atoms with Crippen LogP contribution in [0.2, 0.25) is 5.15 Å². The van der Waals surface area contributed by atoms with Gasteiger partial charge in [0, 0.05) is 28.8 Å². The molecule has 0 bridgehead atoms. The molecule has 0 aromatic carbocycles. The average molecular weight is 312 g/mol. The van der Waals surface area contributed by atoms with Gasteiger partial charge >= 0.3 is 0 Å². The Bertz CT molecular complexity index is 547. The van der Waals surface area contributed by atoms with Crippen LogP contribution in [0.1, 0.15) is 54.0 Å². The summed E-state index contributed by atoms with van der Waals surface area (Å²) in [5.74, 6) is 0.994. The van der Waals surface area contributed by atoms with Crippen molar-refractivity contribution in [1.29, 1.82) is 0 Å². The first-order valence-electron chi connectivity index (χ1n) is 7.13. The molecule has 0 saturated heterocycles. The van der Waals surface area contributed by atoms with Gasteiger partial charge in [0.05, 0.1) is 5.69 Å². The molecule has 0 amide bonds. The van der Waals surface area contributed by atoms with Gasteiger partial charge < -0.3 is 10.3 Å².